The number of thiophene rings is 2. The van der Waals surface area contributed by atoms with Gasteiger partial charge in [-0.05, 0) is 30.3 Å². The second kappa shape index (κ2) is 6.38. The van der Waals surface area contributed by atoms with Crippen LogP contribution in [0.3, 0.4) is 0 Å². The molecule has 4 aromatic carbocycles. The first-order valence-electron chi connectivity index (χ1n) is 10.8. The van der Waals surface area contributed by atoms with Gasteiger partial charge in [0, 0.05) is 41.0 Å². The van der Waals surface area contributed by atoms with E-state index in [1.165, 1.54) is 41.0 Å². The highest BCUT2D eigenvalue weighted by Crippen LogP contribution is 2.40. The van der Waals surface area contributed by atoms with Crippen molar-refractivity contribution in [3.8, 4) is 5.95 Å². The van der Waals surface area contributed by atoms with Gasteiger partial charge in [-0.1, -0.05) is 54.6 Å². The topological polar surface area (TPSA) is 30.7 Å². The molecule has 0 saturated heterocycles. The maximum Gasteiger partial charge on any atom is 0.235 e. The van der Waals surface area contributed by atoms with Gasteiger partial charge in [0.1, 0.15) is 0 Å². The SMILES string of the molecule is c1ccc2c(c1)sc1cc3c(cc12)c1ccccc1n3-c1ncc2sc3ccccc3c2n1. The molecule has 0 spiro atoms. The van der Waals surface area contributed by atoms with Crippen molar-refractivity contribution >= 4 is 85.0 Å². The number of rotatable bonds is 1. The van der Waals surface area contributed by atoms with E-state index in [9.17, 15) is 0 Å². The average Bonchev–Trinajstić information content (AvgIpc) is 3.51. The van der Waals surface area contributed by atoms with Crippen molar-refractivity contribution in [1.82, 2.24) is 14.5 Å². The molecule has 0 bridgehead atoms. The van der Waals surface area contributed by atoms with E-state index >= 15 is 0 Å². The van der Waals surface area contributed by atoms with Gasteiger partial charge in [0.15, 0.2) is 0 Å². The van der Waals surface area contributed by atoms with Crippen LogP contribution in [-0.2, 0) is 0 Å². The van der Waals surface area contributed by atoms with Crippen molar-refractivity contribution in [1.29, 1.82) is 0 Å². The van der Waals surface area contributed by atoms with Crippen LogP contribution in [0.1, 0.15) is 0 Å². The highest BCUT2D eigenvalue weighted by Gasteiger charge is 2.17. The molecule has 8 aromatic rings. The number of hydrogen-bond donors (Lipinski definition) is 0. The van der Waals surface area contributed by atoms with Gasteiger partial charge in [0.05, 0.1) is 27.4 Å². The molecule has 0 amide bonds. The summed E-state index contributed by atoms with van der Waals surface area (Å²) in [6.45, 7) is 0. The fourth-order valence-corrected chi connectivity index (χ4v) is 7.15. The maximum absolute atomic E-state index is 5.09. The summed E-state index contributed by atoms with van der Waals surface area (Å²) in [6.07, 6.45) is 1.97. The predicted octanol–water partition coefficient (Wildman–Crippen LogP) is 8.31. The van der Waals surface area contributed by atoms with Crippen LogP contribution in [0.25, 0.3) is 68.2 Å². The Morgan fingerprint density at radius 2 is 1.24 bits per heavy atom. The summed E-state index contributed by atoms with van der Waals surface area (Å²) in [4.78, 5) is 9.93. The monoisotopic (exact) mass is 457 g/mol. The van der Waals surface area contributed by atoms with Crippen LogP contribution in [-0.4, -0.2) is 14.5 Å². The normalized spacial score (nSPS) is 12.2. The van der Waals surface area contributed by atoms with E-state index in [4.69, 9.17) is 9.97 Å². The van der Waals surface area contributed by atoms with Crippen molar-refractivity contribution < 1.29 is 0 Å². The predicted molar refractivity (Wildman–Crippen MR) is 142 cm³/mol. The van der Waals surface area contributed by atoms with Crippen molar-refractivity contribution in [2.45, 2.75) is 0 Å². The fraction of sp³-hybridized carbons (Fsp3) is 0. The molecule has 0 radical (unpaired) electrons. The minimum atomic E-state index is 0.720. The lowest BCUT2D eigenvalue weighted by molar-refractivity contribution is 1.01. The lowest BCUT2D eigenvalue weighted by Gasteiger charge is -2.06. The number of benzene rings is 4. The summed E-state index contributed by atoms with van der Waals surface area (Å²) < 4.78 is 7.19. The third-order valence-corrected chi connectivity index (χ3v) is 8.70. The van der Waals surface area contributed by atoms with E-state index in [1.807, 2.05) is 17.5 Å². The van der Waals surface area contributed by atoms with Gasteiger partial charge in [-0.15, -0.1) is 22.7 Å². The van der Waals surface area contributed by atoms with Crippen LogP contribution in [0, 0.1) is 0 Å². The maximum atomic E-state index is 5.09. The summed E-state index contributed by atoms with van der Waals surface area (Å²) in [5.74, 6) is 0.720. The molecule has 0 aliphatic carbocycles. The Kier molecular flexibility index (Phi) is 3.42. The van der Waals surface area contributed by atoms with Gasteiger partial charge in [-0.2, -0.15) is 0 Å². The first-order chi connectivity index (χ1) is 16.3. The van der Waals surface area contributed by atoms with Crippen LogP contribution >= 0.6 is 22.7 Å². The summed E-state index contributed by atoms with van der Waals surface area (Å²) >= 11 is 3.59. The number of hydrogen-bond acceptors (Lipinski definition) is 4. The second-order valence-corrected chi connectivity index (χ2v) is 10.5. The van der Waals surface area contributed by atoms with Crippen LogP contribution in [0.2, 0.25) is 0 Å². The first kappa shape index (κ1) is 17.7. The molecule has 5 heteroatoms. The zero-order chi connectivity index (χ0) is 21.5. The number of aromatic nitrogens is 3. The third kappa shape index (κ3) is 2.38. The minimum Gasteiger partial charge on any atom is -0.278 e. The van der Waals surface area contributed by atoms with Crippen LogP contribution in [0.5, 0.6) is 0 Å². The molecule has 3 nitrogen and oxygen atoms in total. The summed E-state index contributed by atoms with van der Waals surface area (Å²) in [5.41, 5.74) is 3.30. The van der Waals surface area contributed by atoms with E-state index < -0.39 is 0 Å². The quantitative estimate of drug-likeness (QED) is 0.248. The zero-order valence-electron chi connectivity index (χ0n) is 17.3. The average molecular weight is 458 g/mol. The van der Waals surface area contributed by atoms with Crippen LogP contribution in [0.15, 0.2) is 91.1 Å². The van der Waals surface area contributed by atoms with E-state index in [-0.39, 0.29) is 0 Å². The molecule has 8 rings (SSSR count). The summed E-state index contributed by atoms with van der Waals surface area (Å²) in [6, 6.07) is 30.3. The number of fused-ring (bicyclic) bond motifs is 9. The highest BCUT2D eigenvalue weighted by atomic mass is 32.1. The Labute approximate surface area is 196 Å². The van der Waals surface area contributed by atoms with E-state index in [1.54, 1.807) is 11.3 Å². The lowest BCUT2D eigenvalue weighted by atomic mass is 10.1. The Hall–Kier alpha value is -3.80. The van der Waals surface area contributed by atoms with Crippen LogP contribution < -0.4 is 0 Å². The Balaban J connectivity index is 1.52. The highest BCUT2D eigenvalue weighted by molar-refractivity contribution is 7.26. The van der Waals surface area contributed by atoms with Gasteiger partial charge in [0.25, 0.3) is 0 Å². The largest absolute Gasteiger partial charge is 0.278 e. The van der Waals surface area contributed by atoms with Crippen molar-refractivity contribution in [3.63, 3.8) is 0 Å². The molecular weight excluding hydrogens is 442 g/mol. The molecule has 0 aliphatic heterocycles. The molecule has 0 unspecified atom stereocenters. The smallest absolute Gasteiger partial charge is 0.235 e. The number of nitrogens with zero attached hydrogens (tertiary/aromatic N) is 3. The van der Waals surface area contributed by atoms with Gasteiger partial charge >= 0.3 is 0 Å². The molecule has 0 atom stereocenters. The minimum absolute atomic E-state index is 0.720. The molecule has 0 fully saturated rings. The molecule has 33 heavy (non-hydrogen) atoms. The standard InChI is InChI=1S/C28H15N3S2/c1-4-10-21-16(7-1)19-13-20-17-8-2-5-11-23(17)32-25(20)14-22(19)31(21)28-29-15-26-27(30-28)18-9-3-6-12-24(18)33-26/h1-15H. The molecular formula is C28H15N3S2. The molecule has 0 saturated carbocycles. The van der Waals surface area contributed by atoms with Crippen molar-refractivity contribution in [2.24, 2.45) is 0 Å². The Morgan fingerprint density at radius 3 is 2.12 bits per heavy atom. The van der Waals surface area contributed by atoms with Crippen molar-refractivity contribution in [3.05, 3.63) is 91.1 Å². The Bertz CT molecular complexity index is 2040. The van der Waals surface area contributed by atoms with Gasteiger partial charge < -0.3 is 0 Å². The molecule has 0 aliphatic rings. The van der Waals surface area contributed by atoms with Gasteiger partial charge in [-0.25, -0.2) is 9.97 Å². The first-order valence-corrected chi connectivity index (χ1v) is 12.5. The van der Waals surface area contributed by atoms with Gasteiger partial charge in [0.2, 0.25) is 5.95 Å². The van der Waals surface area contributed by atoms with E-state index in [0.717, 1.165) is 27.2 Å². The zero-order valence-corrected chi connectivity index (χ0v) is 19.0. The van der Waals surface area contributed by atoms with E-state index in [2.05, 4.69) is 89.5 Å². The van der Waals surface area contributed by atoms with Gasteiger partial charge in [-0.3, -0.25) is 4.57 Å². The summed E-state index contributed by atoms with van der Waals surface area (Å²) in [7, 11) is 0. The molecule has 4 heterocycles. The fourth-order valence-electron chi connectivity index (χ4n) is 5.01. The Morgan fingerprint density at radius 1 is 0.545 bits per heavy atom. The van der Waals surface area contributed by atoms with E-state index in [0.29, 0.717) is 0 Å². The van der Waals surface area contributed by atoms with Crippen LogP contribution in [0.4, 0.5) is 0 Å². The lowest BCUT2D eigenvalue weighted by Crippen LogP contribution is -2.00. The molecule has 154 valence electrons. The molecule has 4 aromatic heterocycles. The second-order valence-electron chi connectivity index (χ2n) is 8.30. The summed E-state index contributed by atoms with van der Waals surface area (Å²) in [5, 5.41) is 6.28. The molecule has 0 N–H and O–H groups in total. The van der Waals surface area contributed by atoms with Crippen molar-refractivity contribution in [2.75, 3.05) is 0 Å². The number of para-hydroxylation sites is 1. The third-order valence-electron chi connectivity index (χ3n) is 6.48.